The number of carboxylic acid groups (broad SMARTS) is 1. The van der Waals surface area contributed by atoms with Crippen LogP contribution < -0.4 is 10.6 Å². The first-order chi connectivity index (χ1) is 10.3. The van der Waals surface area contributed by atoms with Crippen LogP contribution in [0.1, 0.15) is 39.0 Å². The molecule has 0 bridgehead atoms. The van der Waals surface area contributed by atoms with E-state index in [1.54, 1.807) is 0 Å². The monoisotopic (exact) mass is 319 g/mol. The van der Waals surface area contributed by atoms with Crippen LogP contribution in [0, 0.1) is 10.1 Å². The molecule has 10 nitrogen and oxygen atoms in total. The third-order valence-electron chi connectivity index (χ3n) is 2.67. The number of aliphatic carboxylic acids is 1. The summed E-state index contributed by atoms with van der Waals surface area (Å²) in [5, 5.41) is 22.4. The highest BCUT2D eigenvalue weighted by Crippen LogP contribution is 2.00. The number of unbranched alkanes of at least 4 members (excludes halogenated alkanes) is 2. The zero-order valence-electron chi connectivity index (χ0n) is 12.4. The van der Waals surface area contributed by atoms with E-state index >= 15 is 0 Å². The highest BCUT2D eigenvalue weighted by Gasteiger charge is 2.13. The molecule has 22 heavy (non-hydrogen) atoms. The van der Waals surface area contributed by atoms with E-state index in [9.17, 15) is 24.5 Å². The van der Waals surface area contributed by atoms with Gasteiger partial charge in [0.05, 0.1) is 6.61 Å². The van der Waals surface area contributed by atoms with E-state index in [1.165, 1.54) is 6.92 Å². The maximum atomic E-state index is 11.4. The van der Waals surface area contributed by atoms with Gasteiger partial charge < -0.3 is 20.6 Å². The molecule has 0 aliphatic heterocycles. The summed E-state index contributed by atoms with van der Waals surface area (Å²) in [4.78, 5) is 47.3. The summed E-state index contributed by atoms with van der Waals surface area (Å²) in [5.41, 5.74) is 0. The van der Waals surface area contributed by atoms with E-state index in [4.69, 9.17) is 5.11 Å². The van der Waals surface area contributed by atoms with Crippen molar-refractivity contribution in [3.63, 3.8) is 0 Å². The third kappa shape index (κ3) is 11.4. The minimum absolute atomic E-state index is 0.0000344. The zero-order chi connectivity index (χ0) is 17.0. The molecular formula is C12H21N3O7. The molecule has 0 aromatic carbocycles. The average Bonchev–Trinajstić information content (AvgIpc) is 2.42. The SMILES string of the molecule is CC(NC(=O)CCNC(=O)CCCCCO[N+](=O)[O-])C(=O)O. The number of carbonyl (C=O) groups excluding carboxylic acids is 2. The second-order valence-electron chi connectivity index (χ2n) is 4.59. The lowest BCUT2D eigenvalue weighted by molar-refractivity contribution is -0.757. The van der Waals surface area contributed by atoms with Crippen molar-refractivity contribution < 1.29 is 29.4 Å². The number of hydrogen-bond acceptors (Lipinski definition) is 6. The molecule has 0 aliphatic rings. The lowest BCUT2D eigenvalue weighted by Crippen LogP contribution is -2.39. The Hall–Kier alpha value is -2.39. The second-order valence-corrected chi connectivity index (χ2v) is 4.59. The Balaban J connectivity index is 3.55. The third-order valence-corrected chi connectivity index (χ3v) is 2.67. The molecule has 0 aliphatic carbocycles. The summed E-state index contributed by atoms with van der Waals surface area (Å²) >= 11 is 0. The summed E-state index contributed by atoms with van der Waals surface area (Å²) < 4.78 is 0. The first-order valence-corrected chi connectivity index (χ1v) is 6.89. The van der Waals surface area contributed by atoms with Gasteiger partial charge in [0, 0.05) is 19.4 Å². The van der Waals surface area contributed by atoms with E-state index in [0.717, 1.165) is 0 Å². The van der Waals surface area contributed by atoms with Crippen LogP contribution in [0.25, 0.3) is 0 Å². The Morgan fingerprint density at radius 2 is 1.86 bits per heavy atom. The molecule has 0 saturated heterocycles. The predicted molar refractivity (Wildman–Crippen MR) is 74.3 cm³/mol. The summed E-state index contributed by atoms with van der Waals surface area (Å²) in [6, 6.07) is -0.968. The normalized spacial score (nSPS) is 11.3. The Morgan fingerprint density at radius 3 is 2.45 bits per heavy atom. The van der Waals surface area contributed by atoms with E-state index in [0.29, 0.717) is 19.3 Å². The van der Waals surface area contributed by atoms with Crippen LogP contribution in [0.15, 0.2) is 0 Å². The predicted octanol–water partition coefficient (Wildman–Crippen LogP) is -0.149. The summed E-state index contributed by atoms with van der Waals surface area (Å²) in [5.74, 6) is -1.81. The first-order valence-electron chi connectivity index (χ1n) is 6.89. The lowest BCUT2D eigenvalue weighted by Gasteiger charge is -2.09. The van der Waals surface area contributed by atoms with Crippen molar-refractivity contribution in [2.24, 2.45) is 0 Å². The van der Waals surface area contributed by atoms with Gasteiger partial charge in [-0.1, -0.05) is 6.42 Å². The van der Waals surface area contributed by atoms with Gasteiger partial charge in [-0.25, -0.2) is 0 Å². The fourth-order valence-corrected chi connectivity index (χ4v) is 1.48. The summed E-state index contributed by atoms with van der Waals surface area (Å²) in [6.45, 7) is 1.49. The average molecular weight is 319 g/mol. The molecule has 10 heteroatoms. The van der Waals surface area contributed by atoms with Gasteiger partial charge in [-0.2, -0.15) is 0 Å². The Bertz CT molecular complexity index is 400. The maximum Gasteiger partial charge on any atom is 0.325 e. The number of nitrogens with zero attached hydrogens (tertiary/aromatic N) is 1. The molecule has 0 heterocycles. The molecule has 1 unspecified atom stereocenters. The molecule has 0 rings (SSSR count). The topological polar surface area (TPSA) is 148 Å². The number of nitrogens with one attached hydrogen (secondary N) is 2. The van der Waals surface area contributed by atoms with Gasteiger partial charge in [-0.15, -0.1) is 10.1 Å². The molecule has 0 aromatic rings. The Kier molecular flexibility index (Phi) is 10.1. The number of amides is 2. The van der Waals surface area contributed by atoms with Crippen LogP contribution in [0.3, 0.4) is 0 Å². The van der Waals surface area contributed by atoms with Crippen molar-refractivity contribution >= 4 is 17.8 Å². The van der Waals surface area contributed by atoms with Crippen molar-refractivity contribution in [1.29, 1.82) is 0 Å². The minimum atomic E-state index is -1.13. The number of hydrogen-bond donors (Lipinski definition) is 3. The molecule has 0 aromatic heterocycles. The molecule has 0 saturated carbocycles. The molecule has 3 N–H and O–H groups in total. The molecule has 1 atom stereocenters. The molecular weight excluding hydrogens is 298 g/mol. The fraction of sp³-hybridized carbons (Fsp3) is 0.750. The minimum Gasteiger partial charge on any atom is -0.480 e. The molecule has 0 fully saturated rings. The van der Waals surface area contributed by atoms with Crippen LogP contribution >= 0.6 is 0 Å². The lowest BCUT2D eigenvalue weighted by atomic mass is 10.2. The number of rotatable bonds is 12. The van der Waals surface area contributed by atoms with Crippen LogP contribution in [0.4, 0.5) is 0 Å². The van der Waals surface area contributed by atoms with Gasteiger partial charge >= 0.3 is 5.97 Å². The highest BCUT2D eigenvalue weighted by molar-refractivity contribution is 5.83. The molecule has 0 radical (unpaired) electrons. The summed E-state index contributed by atoms with van der Waals surface area (Å²) in [7, 11) is 0. The van der Waals surface area contributed by atoms with E-state index in [-0.39, 0.29) is 31.9 Å². The van der Waals surface area contributed by atoms with Crippen LogP contribution in [-0.4, -0.2) is 47.2 Å². The van der Waals surface area contributed by atoms with Gasteiger partial charge in [-0.3, -0.25) is 14.4 Å². The van der Waals surface area contributed by atoms with Gasteiger partial charge in [-0.05, 0) is 19.8 Å². The largest absolute Gasteiger partial charge is 0.480 e. The van der Waals surface area contributed by atoms with Crippen molar-refractivity contribution in [3.8, 4) is 0 Å². The van der Waals surface area contributed by atoms with Crippen molar-refractivity contribution in [2.75, 3.05) is 13.2 Å². The Labute approximate surface area is 127 Å². The highest BCUT2D eigenvalue weighted by atomic mass is 16.9. The second kappa shape index (κ2) is 11.3. The van der Waals surface area contributed by atoms with Gasteiger partial charge in [0.2, 0.25) is 11.8 Å². The quantitative estimate of drug-likeness (QED) is 0.257. The van der Waals surface area contributed by atoms with Crippen LogP contribution in [-0.2, 0) is 19.2 Å². The molecule has 126 valence electrons. The van der Waals surface area contributed by atoms with Crippen molar-refractivity contribution in [1.82, 2.24) is 10.6 Å². The molecule has 0 spiro atoms. The van der Waals surface area contributed by atoms with E-state index in [2.05, 4.69) is 15.5 Å². The van der Waals surface area contributed by atoms with Crippen molar-refractivity contribution in [2.45, 2.75) is 45.1 Å². The Morgan fingerprint density at radius 1 is 1.18 bits per heavy atom. The van der Waals surface area contributed by atoms with E-state index in [1.807, 2.05) is 0 Å². The number of carbonyl (C=O) groups is 3. The summed E-state index contributed by atoms with van der Waals surface area (Å²) in [6.07, 6.45) is 1.93. The molecule has 2 amide bonds. The van der Waals surface area contributed by atoms with Crippen molar-refractivity contribution in [3.05, 3.63) is 10.1 Å². The van der Waals surface area contributed by atoms with E-state index < -0.39 is 23.0 Å². The van der Waals surface area contributed by atoms with Gasteiger partial charge in [0.25, 0.3) is 5.09 Å². The van der Waals surface area contributed by atoms with Gasteiger partial charge in [0.15, 0.2) is 0 Å². The number of carboxylic acids is 1. The first kappa shape index (κ1) is 19.6. The fourth-order valence-electron chi connectivity index (χ4n) is 1.48. The zero-order valence-corrected chi connectivity index (χ0v) is 12.4. The van der Waals surface area contributed by atoms with Crippen LogP contribution in [0.2, 0.25) is 0 Å². The van der Waals surface area contributed by atoms with Crippen LogP contribution in [0.5, 0.6) is 0 Å². The standard InChI is InChI=1S/C12H21N3O7/c1-9(12(18)19)14-11(17)6-7-13-10(16)5-3-2-4-8-22-15(20)21/h9H,2-8H2,1H3,(H,13,16)(H,14,17)(H,18,19). The van der Waals surface area contributed by atoms with Gasteiger partial charge in [0.1, 0.15) is 6.04 Å². The maximum absolute atomic E-state index is 11.4. The smallest absolute Gasteiger partial charge is 0.325 e.